The van der Waals surface area contributed by atoms with Gasteiger partial charge in [0.2, 0.25) is 0 Å². The maximum Gasteiger partial charge on any atom is 0.338 e. The molecule has 1 aliphatic heterocycles. The van der Waals surface area contributed by atoms with E-state index in [1.807, 2.05) is 6.92 Å². The number of halogens is 2. The fourth-order valence-electron chi connectivity index (χ4n) is 2.49. The van der Waals surface area contributed by atoms with Gasteiger partial charge in [-0.2, -0.15) is 0 Å². The second-order valence-corrected chi connectivity index (χ2v) is 5.13. The van der Waals surface area contributed by atoms with Gasteiger partial charge in [0.05, 0.1) is 11.3 Å². The largest absolute Gasteiger partial charge is 0.478 e. The van der Waals surface area contributed by atoms with Gasteiger partial charge in [0.25, 0.3) is 0 Å². The normalized spacial score (nSPS) is 20.4. The first-order chi connectivity index (χ1) is 9.50. The zero-order valence-corrected chi connectivity index (χ0v) is 11.2. The Bertz CT molecular complexity index is 502. The first-order valence-electron chi connectivity index (χ1n) is 6.69. The first-order valence-corrected chi connectivity index (χ1v) is 6.69. The summed E-state index contributed by atoms with van der Waals surface area (Å²) in [7, 11) is 0. The number of benzene rings is 1. The van der Waals surface area contributed by atoms with Crippen molar-refractivity contribution in [3.63, 3.8) is 0 Å². The minimum atomic E-state index is -1.47. The van der Waals surface area contributed by atoms with Gasteiger partial charge in [0.15, 0.2) is 11.6 Å². The lowest BCUT2D eigenvalue weighted by Crippen LogP contribution is -2.39. The maximum absolute atomic E-state index is 13.8. The third kappa shape index (κ3) is 3.07. The predicted octanol–water partition coefficient (Wildman–Crippen LogP) is 2.46. The van der Waals surface area contributed by atoms with Gasteiger partial charge < -0.3 is 15.7 Å². The zero-order chi connectivity index (χ0) is 14.7. The topological polar surface area (TPSA) is 61.4 Å². The summed E-state index contributed by atoms with van der Waals surface area (Å²) in [5.41, 5.74) is -0.648. The number of piperidine rings is 1. The van der Waals surface area contributed by atoms with Gasteiger partial charge in [-0.05, 0) is 50.9 Å². The molecule has 1 aliphatic rings. The van der Waals surface area contributed by atoms with Crippen LogP contribution in [-0.4, -0.2) is 30.2 Å². The molecule has 0 saturated carbocycles. The van der Waals surface area contributed by atoms with Crippen molar-refractivity contribution in [2.24, 2.45) is 5.92 Å². The molecule has 4 nitrogen and oxygen atoms in total. The highest BCUT2D eigenvalue weighted by Crippen LogP contribution is 2.24. The Kier molecular flexibility index (Phi) is 4.54. The molecule has 2 atom stereocenters. The monoisotopic (exact) mass is 284 g/mol. The van der Waals surface area contributed by atoms with Crippen LogP contribution >= 0.6 is 0 Å². The van der Waals surface area contributed by atoms with E-state index in [1.54, 1.807) is 0 Å². The molecule has 0 spiro atoms. The van der Waals surface area contributed by atoms with Crippen LogP contribution in [0.1, 0.15) is 30.1 Å². The van der Waals surface area contributed by atoms with Crippen molar-refractivity contribution in [2.45, 2.75) is 25.8 Å². The summed E-state index contributed by atoms with van der Waals surface area (Å²) in [6.07, 6.45) is 2.09. The van der Waals surface area contributed by atoms with E-state index in [0.717, 1.165) is 32.0 Å². The molecule has 1 aromatic rings. The van der Waals surface area contributed by atoms with Gasteiger partial charge in [-0.3, -0.25) is 0 Å². The molecule has 1 heterocycles. The van der Waals surface area contributed by atoms with Crippen LogP contribution in [0.5, 0.6) is 0 Å². The van der Waals surface area contributed by atoms with Crippen molar-refractivity contribution in [3.8, 4) is 0 Å². The number of nitrogens with one attached hydrogen (secondary N) is 2. The summed E-state index contributed by atoms with van der Waals surface area (Å²) in [4.78, 5) is 10.7. The molecule has 1 aromatic carbocycles. The molecule has 20 heavy (non-hydrogen) atoms. The summed E-state index contributed by atoms with van der Waals surface area (Å²) < 4.78 is 27.4. The van der Waals surface area contributed by atoms with Gasteiger partial charge >= 0.3 is 5.97 Å². The number of carboxylic acid groups (broad SMARTS) is 1. The molecule has 0 radical (unpaired) electrons. The van der Waals surface area contributed by atoms with E-state index >= 15 is 0 Å². The molecule has 0 aliphatic carbocycles. The van der Waals surface area contributed by atoms with Gasteiger partial charge in [-0.25, -0.2) is 13.6 Å². The highest BCUT2D eigenvalue weighted by atomic mass is 19.2. The van der Waals surface area contributed by atoms with E-state index < -0.39 is 23.2 Å². The van der Waals surface area contributed by atoms with E-state index in [1.165, 1.54) is 6.07 Å². The average molecular weight is 284 g/mol. The lowest BCUT2D eigenvalue weighted by Gasteiger charge is -2.29. The van der Waals surface area contributed by atoms with Crippen molar-refractivity contribution in [1.29, 1.82) is 0 Å². The van der Waals surface area contributed by atoms with Crippen LogP contribution in [0.4, 0.5) is 14.5 Å². The fraction of sp³-hybridized carbons (Fsp3) is 0.500. The number of hydrogen-bond acceptors (Lipinski definition) is 3. The highest BCUT2D eigenvalue weighted by Gasteiger charge is 2.23. The van der Waals surface area contributed by atoms with E-state index in [4.69, 9.17) is 5.11 Å². The quantitative estimate of drug-likeness (QED) is 0.795. The number of rotatable bonds is 4. The molecule has 6 heteroatoms. The van der Waals surface area contributed by atoms with Crippen molar-refractivity contribution in [1.82, 2.24) is 5.32 Å². The molecule has 110 valence electrons. The molecule has 3 N–H and O–H groups in total. The van der Waals surface area contributed by atoms with Gasteiger partial charge in [-0.15, -0.1) is 0 Å². The van der Waals surface area contributed by atoms with E-state index in [-0.39, 0.29) is 11.7 Å². The lowest BCUT2D eigenvalue weighted by molar-refractivity contribution is 0.0690. The van der Waals surface area contributed by atoms with Gasteiger partial charge in [0.1, 0.15) is 0 Å². The Labute approximate surface area is 116 Å². The molecular formula is C14H18F2N2O2. The summed E-state index contributed by atoms with van der Waals surface area (Å²) in [5.74, 6) is -3.60. The van der Waals surface area contributed by atoms with Crippen LogP contribution in [0.15, 0.2) is 12.1 Å². The smallest absolute Gasteiger partial charge is 0.338 e. The van der Waals surface area contributed by atoms with E-state index in [0.29, 0.717) is 5.92 Å². The third-order valence-corrected chi connectivity index (χ3v) is 3.74. The second-order valence-electron chi connectivity index (χ2n) is 5.13. The molecule has 2 unspecified atom stereocenters. The number of carboxylic acids is 1. The van der Waals surface area contributed by atoms with Crippen LogP contribution in [0.3, 0.4) is 0 Å². The molecule has 1 fully saturated rings. The number of carbonyl (C=O) groups is 1. The van der Waals surface area contributed by atoms with Crippen LogP contribution < -0.4 is 10.6 Å². The SMILES string of the molecule is CC(Nc1ccc(C(=O)O)c(F)c1F)C1CCCNC1. The number of aromatic carboxylic acids is 1. The Hall–Kier alpha value is -1.69. The highest BCUT2D eigenvalue weighted by molar-refractivity contribution is 5.88. The molecule has 0 aromatic heterocycles. The Morgan fingerprint density at radius 1 is 1.45 bits per heavy atom. The predicted molar refractivity (Wildman–Crippen MR) is 72.0 cm³/mol. The van der Waals surface area contributed by atoms with Gasteiger partial charge in [0, 0.05) is 6.04 Å². The summed E-state index contributed by atoms with van der Waals surface area (Å²) >= 11 is 0. The molecule has 2 rings (SSSR count). The van der Waals surface area contributed by atoms with Crippen molar-refractivity contribution in [3.05, 3.63) is 29.3 Å². The molecule has 1 saturated heterocycles. The minimum absolute atomic E-state index is 0.00516. The number of hydrogen-bond donors (Lipinski definition) is 3. The maximum atomic E-state index is 13.8. The average Bonchev–Trinajstić information content (AvgIpc) is 2.44. The second kappa shape index (κ2) is 6.17. The molecule has 0 bridgehead atoms. The van der Waals surface area contributed by atoms with E-state index in [2.05, 4.69) is 10.6 Å². The van der Waals surface area contributed by atoms with Gasteiger partial charge in [-0.1, -0.05) is 0 Å². The Balaban J connectivity index is 2.13. The third-order valence-electron chi connectivity index (χ3n) is 3.74. The lowest BCUT2D eigenvalue weighted by atomic mass is 9.92. The summed E-state index contributed by atoms with van der Waals surface area (Å²) in [5, 5.41) is 14.9. The molecular weight excluding hydrogens is 266 g/mol. The van der Waals surface area contributed by atoms with E-state index in [9.17, 15) is 13.6 Å². The van der Waals surface area contributed by atoms with Crippen molar-refractivity contribution < 1.29 is 18.7 Å². The van der Waals surface area contributed by atoms with Crippen LogP contribution in [0.2, 0.25) is 0 Å². The number of anilines is 1. The molecule has 0 amide bonds. The summed E-state index contributed by atoms with van der Waals surface area (Å²) in [6, 6.07) is 2.33. The minimum Gasteiger partial charge on any atom is -0.478 e. The van der Waals surface area contributed by atoms with Crippen LogP contribution in [0.25, 0.3) is 0 Å². The van der Waals surface area contributed by atoms with Crippen LogP contribution in [0, 0.1) is 17.6 Å². The Morgan fingerprint density at radius 3 is 2.80 bits per heavy atom. The first kappa shape index (κ1) is 14.7. The summed E-state index contributed by atoms with van der Waals surface area (Å²) in [6.45, 7) is 3.74. The fourth-order valence-corrected chi connectivity index (χ4v) is 2.49. The van der Waals surface area contributed by atoms with Crippen molar-refractivity contribution in [2.75, 3.05) is 18.4 Å². The standard InChI is InChI=1S/C14H18F2N2O2/c1-8(9-3-2-6-17-7-9)18-11-5-4-10(14(19)20)12(15)13(11)16/h4-5,8-9,17-18H,2-3,6-7H2,1H3,(H,19,20). The van der Waals surface area contributed by atoms with Crippen LogP contribution in [-0.2, 0) is 0 Å². The Morgan fingerprint density at radius 2 is 2.20 bits per heavy atom. The van der Waals surface area contributed by atoms with Crippen molar-refractivity contribution >= 4 is 11.7 Å². The zero-order valence-electron chi connectivity index (χ0n) is 11.2.